The Labute approximate surface area is 174 Å². The standard InChI is InChI=1S/C21H23N3O3S2/c1-14-7-10-17(11-8-14)29(26,27)24-21-23-18-12-9-16(13-19(18)28-21)22-20(25)15-5-3-2-4-6-15/h7-13,15H,2-6H2,1H3,(H,22,25)(H,23,24). The first-order valence-corrected chi connectivity index (χ1v) is 12.0. The molecule has 4 rings (SSSR count). The molecule has 0 radical (unpaired) electrons. The molecule has 152 valence electrons. The molecule has 1 heterocycles. The molecule has 1 aliphatic carbocycles. The van der Waals surface area contributed by atoms with Gasteiger partial charge in [-0.25, -0.2) is 13.4 Å². The van der Waals surface area contributed by atoms with E-state index in [-0.39, 0.29) is 16.7 Å². The highest BCUT2D eigenvalue weighted by Gasteiger charge is 2.21. The van der Waals surface area contributed by atoms with Crippen LogP contribution in [0, 0.1) is 12.8 Å². The van der Waals surface area contributed by atoms with E-state index in [0.717, 1.165) is 35.9 Å². The number of rotatable bonds is 5. The second kappa shape index (κ2) is 8.12. The number of fused-ring (bicyclic) bond motifs is 1. The van der Waals surface area contributed by atoms with Crippen molar-refractivity contribution in [1.29, 1.82) is 0 Å². The number of benzene rings is 2. The number of nitrogens with zero attached hydrogens (tertiary/aromatic N) is 1. The van der Waals surface area contributed by atoms with Gasteiger partial charge in [0.05, 0.1) is 15.1 Å². The summed E-state index contributed by atoms with van der Waals surface area (Å²) in [5, 5.41) is 3.30. The number of hydrogen-bond acceptors (Lipinski definition) is 5. The highest BCUT2D eigenvalue weighted by molar-refractivity contribution is 7.93. The molecule has 0 atom stereocenters. The molecule has 29 heavy (non-hydrogen) atoms. The van der Waals surface area contributed by atoms with Crippen molar-refractivity contribution in [3.8, 4) is 0 Å². The molecule has 1 amide bonds. The van der Waals surface area contributed by atoms with Crippen molar-refractivity contribution >= 4 is 48.3 Å². The Hall–Kier alpha value is -2.45. The molecular formula is C21H23N3O3S2. The predicted molar refractivity (Wildman–Crippen MR) is 117 cm³/mol. The van der Waals surface area contributed by atoms with Gasteiger partial charge in [-0.05, 0) is 50.1 Å². The Bertz CT molecular complexity index is 1130. The third kappa shape index (κ3) is 4.59. The highest BCUT2D eigenvalue weighted by Crippen LogP contribution is 2.31. The fraction of sp³-hybridized carbons (Fsp3) is 0.333. The Morgan fingerprint density at radius 2 is 1.79 bits per heavy atom. The number of amides is 1. The Morgan fingerprint density at radius 3 is 2.52 bits per heavy atom. The number of nitrogens with one attached hydrogen (secondary N) is 2. The van der Waals surface area contributed by atoms with Crippen molar-refractivity contribution in [2.45, 2.75) is 43.9 Å². The van der Waals surface area contributed by atoms with Crippen LogP contribution >= 0.6 is 11.3 Å². The summed E-state index contributed by atoms with van der Waals surface area (Å²) in [5.41, 5.74) is 2.39. The van der Waals surface area contributed by atoms with Crippen molar-refractivity contribution in [3.63, 3.8) is 0 Å². The summed E-state index contributed by atoms with van der Waals surface area (Å²) in [5.74, 6) is 0.145. The molecule has 1 saturated carbocycles. The van der Waals surface area contributed by atoms with E-state index in [1.165, 1.54) is 17.8 Å². The summed E-state index contributed by atoms with van der Waals surface area (Å²) in [6.07, 6.45) is 5.31. The number of aryl methyl sites for hydroxylation is 1. The van der Waals surface area contributed by atoms with Crippen LogP contribution in [0.25, 0.3) is 10.2 Å². The molecule has 3 aromatic rings. The van der Waals surface area contributed by atoms with Gasteiger partial charge in [0.1, 0.15) is 0 Å². The van der Waals surface area contributed by atoms with Crippen LogP contribution in [0.2, 0.25) is 0 Å². The average Bonchev–Trinajstić information content (AvgIpc) is 3.09. The first-order chi connectivity index (χ1) is 13.9. The molecule has 0 saturated heterocycles. The van der Waals surface area contributed by atoms with E-state index < -0.39 is 10.0 Å². The molecule has 8 heteroatoms. The number of carbonyl (C=O) groups is 1. The maximum Gasteiger partial charge on any atom is 0.263 e. The monoisotopic (exact) mass is 429 g/mol. The number of hydrogen-bond donors (Lipinski definition) is 2. The first-order valence-electron chi connectivity index (χ1n) is 9.72. The molecule has 2 N–H and O–H groups in total. The second-order valence-electron chi connectivity index (χ2n) is 7.44. The van der Waals surface area contributed by atoms with Gasteiger partial charge in [-0.3, -0.25) is 9.52 Å². The number of carbonyl (C=O) groups excluding carboxylic acids is 1. The summed E-state index contributed by atoms with van der Waals surface area (Å²) < 4.78 is 28.5. The van der Waals surface area contributed by atoms with Crippen LogP contribution in [0.15, 0.2) is 47.4 Å². The number of anilines is 2. The zero-order valence-corrected chi connectivity index (χ0v) is 17.8. The van der Waals surface area contributed by atoms with E-state index in [4.69, 9.17) is 0 Å². The Morgan fingerprint density at radius 1 is 1.07 bits per heavy atom. The molecule has 0 aliphatic heterocycles. The largest absolute Gasteiger partial charge is 0.326 e. The van der Waals surface area contributed by atoms with E-state index >= 15 is 0 Å². The summed E-state index contributed by atoms with van der Waals surface area (Å²) >= 11 is 1.25. The molecule has 6 nitrogen and oxygen atoms in total. The third-order valence-electron chi connectivity index (χ3n) is 5.18. The molecule has 0 bridgehead atoms. The quantitative estimate of drug-likeness (QED) is 0.602. The summed E-state index contributed by atoms with van der Waals surface area (Å²) in [4.78, 5) is 17.0. The normalized spacial score (nSPS) is 15.3. The zero-order chi connectivity index (χ0) is 20.4. The van der Waals surface area contributed by atoms with Gasteiger partial charge in [-0.15, -0.1) is 0 Å². The minimum atomic E-state index is -3.69. The molecule has 0 spiro atoms. The van der Waals surface area contributed by atoms with Gasteiger partial charge in [0, 0.05) is 11.6 Å². The van der Waals surface area contributed by atoms with Crippen LogP contribution in [0.3, 0.4) is 0 Å². The van der Waals surface area contributed by atoms with Crippen molar-refractivity contribution < 1.29 is 13.2 Å². The molecule has 1 aliphatic rings. The van der Waals surface area contributed by atoms with Crippen LogP contribution in [0.1, 0.15) is 37.7 Å². The first kappa shape index (κ1) is 19.8. The van der Waals surface area contributed by atoms with Gasteiger partial charge >= 0.3 is 0 Å². The fourth-order valence-corrected chi connectivity index (χ4v) is 5.69. The minimum absolute atomic E-state index is 0.0638. The van der Waals surface area contributed by atoms with Crippen LogP contribution in [-0.2, 0) is 14.8 Å². The van der Waals surface area contributed by atoms with Gasteiger partial charge in [0.25, 0.3) is 10.0 Å². The lowest BCUT2D eigenvalue weighted by atomic mass is 9.88. The van der Waals surface area contributed by atoms with Crippen LogP contribution < -0.4 is 10.0 Å². The third-order valence-corrected chi connectivity index (χ3v) is 7.60. The summed E-state index contributed by atoms with van der Waals surface area (Å²) in [7, 11) is -3.69. The second-order valence-corrected chi connectivity index (χ2v) is 10.2. The maximum absolute atomic E-state index is 12.6. The lowest BCUT2D eigenvalue weighted by molar-refractivity contribution is -0.120. The van der Waals surface area contributed by atoms with Gasteiger partial charge in [0.2, 0.25) is 5.91 Å². The highest BCUT2D eigenvalue weighted by atomic mass is 32.2. The van der Waals surface area contributed by atoms with Crippen molar-refractivity contribution in [2.75, 3.05) is 10.0 Å². The van der Waals surface area contributed by atoms with Gasteiger partial charge in [-0.2, -0.15) is 0 Å². The molecular weight excluding hydrogens is 406 g/mol. The van der Waals surface area contributed by atoms with Crippen LogP contribution in [0.5, 0.6) is 0 Å². The number of thiazole rings is 1. The van der Waals surface area contributed by atoms with Crippen LogP contribution in [-0.4, -0.2) is 19.3 Å². The molecule has 1 fully saturated rings. The lowest BCUT2D eigenvalue weighted by Crippen LogP contribution is -2.24. The van der Waals surface area contributed by atoms with Gasteiger partial charge < -0.3 is 5.32 Å². The van der Waals surface area contributed by atoms with E-state index in [1.807, 2.05) is 13.0 Å². The zero-order valence-electron chi connectivity index (χ0n) is 16.1. The Kier molecular flexibility index (Phi) is 5.56. The van der Waals surface area contributed by atoms with Crippen molar-refractivity contribution in [1.82, 2.24) is 4.98 Å². The van der Waals surface area contributed by atoms with Crippen molar-refractivity contribution in [3.05, 3.63) is 48.0 Å². The van der Waals surface area contributed by atoms with E-state index in [0.29, 0.717) is 16.3 Å². The molecule has 0 unspecified atom stereocenters. The predicted octanol–water partition coefficient (Wildman–Crippen LogP) is 4.92. The van der Waals surface area contributed by atoms with E-state index in [9.17, 15) is 13.2 Å². The Balaban J connectivity index is 1.50. The van der Waals surface area contributed by atoms with Gasteiger partial charge in [0.15, 0.2) is 5.13 Å². The lowest BCUT2D eigenvalue weighted by Gasteiger charge is -2.20. The molecule has 2 aromatic carbocycles. The smallest absolute Gasteiger partial charge is 0.263 e. The van der Waals surface area contributed by atoms with E-state index in [2.05, 4.69) is 15.0 Å². The maximum atomic E-state index is 12.6. The van der Waals surface area contributed by atoms with Crippen LogP contribution in [0.4, 0.5) is 10.8 Å². The topological polar surface area (TPSA) is 88.2 Å². The molecule has 1 aromatic heterocycles. The number of sulfonamides is 1. The SMILES string of the molecule is Cc1ccc(S(=O)(=O)Nc2nc3ccc(NC(=O)C4CCCCC4)cc3s2)cc1. The van der Waals surface area contributed by atoms with Gasteiger partial charge in [-0.1, -0.05) is 48.3 Å². The summed E-state index contributed by atoms with van der Waals surface area (Å²) in [6.45, 7) is 1.90. The fourth-order valence-electron chi connectivity index (χ4n) is 3.55. The average molecular weight is 430 g/mol. The van der Waals surface area contributed by atoms with Crippen molar-refractivity contribution in [2.24, 2.45) is 5.92 Å². The number of aromatic nitrogens is 1. The minimum Gasteiger partial charge on any atom is -0.326 e. The van der Waals surface area contributed by atoms with E-state index in [1.54, 1.807) is 36.4 Å². The summed E-state index contributed by atoms with van der Waals surface area (Å²) in [6, 6.07) is 12.1.